The highest BCUT2D eigenvalue weighted by Gasteiger charge is 1.90. The molecule has 49 heavy (non-hydrogen) atoms. The highest BCUT2D eigenvalue weighted by molar-refractivity contribution is 5.74. The van der Waals surface area contributed by atoms with Gasteiger partial charge in [0.2, 0.25) is 35.4 Å². The monoisotopic (exact) mass is 715 g/mol. The van der Waals surface area contributed by atoms with Crippen molar-refractivity contribution in [3.8, 4) is 0 Å². The van der Waals surface area contributed by atoms with Gasteiger partial charge in [-0.25, -0.2) is 0 Å². The van der Waals surface area contributed by atoms with Crippen molar-refractivity contribution in [2.24, 2.45) is 0 Å². The lowest BCUT2D eigenvalue weighted by molar-refractivity contribution is -0.120. The van der Waals surface area contributed by atoms with Crippen molar-refractivity contribution in [2.75, 3.05) is 66.7 Å². The van der Waals surface area contributed by atoms with Crippen LogP contribution in [0.3, 0.4) is 0 Å². The lowest BCUT2D eigenvalue weighted by Crippen LogP contribution is -2.24. The highest BCUT2D eigenvalue weighted by atomic mass is 16.5. The van der Waals surface area contributed by atoms with Crippen molar-refractivity contribution in [1.82, 2.24) is 31.9 Å². The minimum absolute atomic E-state index is 0. The molecule has 0 aromatic rings. The molecule has 0 saturated heterocycles. The number of nitrogens with one attached hydrogen (secondary N) is 6. The maximum Gasteiger partial charge on any atom is 0.216 e. The van der Waals surface area contributed by atoms with E-state index in [0.29, 0.717) is 26.3 Å². The lowest BCUT2D eigenvalue weighted by atomic mass is 10.5. The Kier molecular flexibility index (Phi) is 98.2. The third-order valence-corrected chi connectivity index (χ3v) is 3.89. The van der Waals surface area contributed by atoms with Gasteiger partial charge in [-0.2, -0.15) is 0 Å². The molecule has 0 atom stereocenters. The van der Waals surface area contributed by atoms with Crippen LogP contribution in [-0.2, 0) is 38.2 Å². The molecule has 0 aliphatic carbocycles. The Balaban J connectivity index is -0.0000000555. The first-order chi connectivity index (χ1) is 22.6. The number of hydrogen-bond donors (Lipinski definition) is 6. The molecule has 6 amide bonds. The number of hydrogen-bond acceptors (Lipinski definition) is 8. The van der Waals surface area contributed by atoms with Gasteiger partial charge in [-0.05, 0) is 25.7 Å². The standard InChI is InChI=1S/2C7H15NO2.2C5H11NO.2C3H7NO.2C2H6.CH4/c2*1-3-5-10-6-4-8-7(2)9;2*1-3-4-6-5(2)7;2*1-3(5)4-2;2*1-2;/h2*3-6H2,1-2H3,(H,8,9);2*3-4H2,1-2H3,(H,6,7);2*1-2H3,(H,4,5);2*1-2H3;1H4. The van der Waals surface area contributed by atoms with E-state index in [1.807, 2.05) is 41.5 Å². The van der Waals surface area contributed by atoms with Crippen LogP contribution in [0.15, 0.2) is 0 Å². The zero-order chi connectivity index (χ0) is 39.6. The van der Waals surface area contributed by atoms with E-state index in [0.717, 1.165) is 52.0 Å². The molecule has 300 valence electrons. The molecular weight excluding hydrogens is 632 g/mol. The van der Waals surface area contributed by atoms with Crippen molar-refractivity contribution in [1.29, 1.82) is 0 Å². The SMILES string of the molecule is C.CC.CC.CCCNC(C)=O.CCCNC(C)=O.CCCOCCNC(C)=O.CCCOCCNC(C)=O.CNC(C)=O.CNC(C)=O. The van der Waals surface area contributed by atoms with Gasteiger partial charge >= 0.3 is 0 Å². The van der Waals surface area contributed by atoms with Crippen LogP contribution in [0.1, 0.15) is 130 Å². The summed E-state index contributed by atoms with van der Waals surface area (Å²) in [5.74, 6) is 0.124. The molecule has 14 nitrogen and oxygen atoms in total. The molecule has 0 spiro atoms. The predicted molar refractivity (Wildman–Crippen MR) is 206 cm³/mol. The van der Waals surface area contributed by atoms with Crippen molar-refractivity contribution in [3.05, 3.63) is 0 Å². The van der Waals surface area contributed by atoms with Gasteiger partial charge in [0.05, 0.1) is 13.2 Å². The van der Waals surface area contributed by atoms with E-state index >= 15 is 0 Å². The quantitative estimate of drug-likeness (QED) is 0.143. The molecule has 0 heterocycles. The first-order valence-electron chi connectivity index (χ1n) is 17.1. The number of carbonyl (C=O) groups excluding carboxylic acids is 6. The van der Waals surface area contributed by atoms with Gasteiger partial charge in [-0.1, -0.05) is 62.8 Å². The zero-order valence-electron chi connectivity index (χ0n) is 33.8. The Labute approximate surface area is 302 Å². The molecule has 0 bridgehead atoms. The maximum absolute atomic E-state index is 10.3. The fourth-order valence-corrected chi connectivity index (χ4v) is 1.69. The van der Waals surface area contributed by atoms with Crippen LogP contribution < -0.4 is 31.9 Å². The summed E-state index contributed by atoms with van der Waals surface area (Å²) in [4.78, 5) is 60.2. The fourth-order valence-electron chi connectivity index (χ4n) is 1.69. The van der Waals surface area contributed by atoms with Crippen LogP contribution in [0.5, 0.6) is 0 Å². The molecule has 0 fully saturated rings. The first kappa shape index (κ1) is 67.8. The summed E-state index contributed by atoms with van der Waals surface area (Å²) in [6.45, 7) is 30.8. The van der Waals surface area contributed by atoms with Crippen molar-refractivity contribution < 1.29 is 38.2 Å². The Morgan fingerprint density at radius 2 is 0.592 bits per heavy atom. The van der Waals surface area contributed by atoms with Crippen LogP contribution in [0, 0.1) is 0 Å². The Morgan fingerprint density at radius 1 is 0.388 bits per heavy atom. The molecule has 0 rings (SSSR count). The smallest absolute Gasteiger partial charge is 0.216 e. The predicted octanol–water partition coefficient (Wildman–Crippen LogP) is 4.36. The summed E-state index contributed by atoms with van der Waals surface area (Å²) in [5, 5.41) is 15.4. The van der Waals surface area contributed by atoms with Gasteiger partial charge in [0.1, 0.15) is 0 Å². The third-order valence-electron chi connectivity index (χ3n) is 3.89. The van der Waals surface area contributed by atoms with Crippen molar-refractivity contribution in [2.45, 2.75) is 130 Å². The molecule has 0 aromatic carbocycles. The molecule has 0 aliphatic rings. The third kappa shape index (κ3) is 158. The van der Waals surface area contributed by atoms with Crippen LogP contribution in [0.25, 0.3) is 0 Å². The average Bonchev–Trinajstić information content (AvgIpc) is 3.05. The minimum Gasteiger partial charge on any atom is -0.380 e. The summed E-state index contributed by atoms with van der Waals surface area (Å²) >= 11 is 0. The van der Waals surface area contributed by atoms with Crippen molar-refractivity contribution in [3.63, 3.8) is 0 Å². The summed E-state index contributed by atoms with van der Waals surface area (Å²) in [6.07, 6.45) is 4.08. The summed E-state index contributed by atoms with van der Waals surface area (Å²) < 4.78 is 10.2. The normalized spacial score (nSPS) is 7.84. The van der Waals surface area contributed by atoms with E-state index in [-0.39, 0.29) is 42.9 Å². The molecule has 14 heteroatoms. The first-order valence-corrected chi connectivity index (χ1v) is 17.1. The van der Waals surface area contributed by atoms with Crippen molar-refractivity contribution >= 4 is 35.4 Å². The van der Waals surface area contributed by atoms with Crippen LogP contribution in [-0.4, -0.2) is 102 Å². The Bertz CT molecular complexity index is 627. The molecule has 0 aromatic heterocycles. The largest absolute Gasteiger partial charge is 0.380 e. The van der Waals surface area contributed by atoms with E-state index in [1.54, 1.807) is 14.1 Å². The van der Waals surface area contributed by atoms with Gasteiger partial charge in [-0.3, -0.25) is 28.8 Å². The van der Waals surface area contributed by atoms with E-state index < -0.39 is 0 Å². The van der Waals surface area contributed by atoms with Gasteiger partial charge < -0.3 is 41.4 Å². The number of amides is 6. The minimum atomic E-state index is 0. The molecule has 0 unspecified atom stereocenters. The van der Waals surface area contributed by atoms with E-state index in [1.165, 1.54) is 41.5 Å². The second kappa shape index (κ2) is 70.9. The average molecular weight is 715 g/mol. The van der Waals surface area contributed by atoms with Gasteiger partial charge in [0.15, 0.2) is 0 Å². The molecule has 0 aliphatic heterocycles. The summed E-state index contributed by atoms with van der Waals surface area (Å²) in [5.41, 5.74) is 0. The van der Waals surface area contributed by atoms with E-state index in [2.05, 4.69) is 45.7 Å². The number of ether oxygens (including phenoxy) is 2. The zero-order valence-corrected chi connectivity index (χ0v) is 33.8. The number of carbonyl (C=O) groups is 6. The molecule has 0 radical (unpaired) electrons. The number of rotatable bonds is 14. The van der Waals surface area contributed by atoms with E-state index in [4.69, 9.17) is 9.47 Å². The van der Waals surface area contributed by atoms with Crippen LogP contribution in [0.2, 0.25) is 0 Å². The fraction of sp³-hybridized carbons (Fsp3) is 0.829. The van der Waals surface area contributed by atoms with Gasteiger partial charge in [0, 0.05) is 95.0 Å². The maximum atomic E-state index is 10.3. The van der Waals surface area contributed by atoms with Crippen LogP contribution in [0.4, 0.5) is 0 Å². The van der Waals surface area contributed by atoms with Gasteiger partial charge in [0.25, 0.3) is 0 Å². The molecule has 6 N–H and O–H groups in total. The lowest BCUT2D eigenvalue weighted by Gasteiger charge is -2.01. The highest BCUT2D eigenvalue weighted by Crippen LogP contribution is 1.78. The summed E-state index contributed by atoms with van der Waals surface area (Å²) in [7, 11) is 3.20. The molecular formula is C35H82N6O8. The Hall–Kier alpha value is -3.26. The topological polar surface area (TPSA) is 193 Å². The van der Waals surface area contributed by atoms with Gasteiger partial charge in [-0.15, -0.1) is 0 Å². The summed E-state index contributed by atoms with van der Waals surface area (Å²) in [6, 6.07) is 0. The van der Waals surface area contributed by atoms with Crippen LogP contribution >= 0.6 is 0 Å². The van der Waals surface area contributed by atoms with E-state index in [9.17, 15) is 28.8 Å². The second-order valence-corrected chi connectivity index (χ2v) is 8.77. The molecule has 0 saturated carbocycles. The second-order valence-electron chi connectivity index (χ2n) is 8.77. The Morgan fingerprint density at radius 3 is 0.714 bits per heavy atom.